The lowest BCUT2D eigenvalue weighted by Gasteiger charge is -2.27. The number of thiophene rings is 1. The fourth-order valence-corrected chi connectivity index (χ4v) is 3.37. The van der Waals surface area contributed by atoms with E-state index in [2.05, 4.69) is 27.0 Å². The van der Waals surface area contributed by atoms with Gasteiger partial charge in [-0.1, -0.05) is 5.16 Å². The second kappa shape index (κ2) is 5.17. The number of rotatable bonds is 2. The molecule has 0 spiro atoms. The van der Waals surface area contributed by atoms with E-state index in [-0.39, 0.29) is 5.97 Å². The van der Waals surface area contributed by atoms with E-state index in [0.717, 1.165) is 18.0 Å². The van der Waals surface area contributed by atoms with Gasteiger partial charge in [-0.3, -0.25) is 0 Å². The highest BCUT2D eigenvalue weighted by Crippen LogP contribution is 2.30. The Labute approximate surface area is 116 Å². The van der Waals surface area contributed by atoms with Gasteiger partial charge < -0.3 is 9.74 Å². The Morgan fingerprint density at radius 3 is 2.79 bits per heavy atom. The minimum absolute atomic E-state index is 0.356. The van der Waals surface area contributed by atoms with Crippen molar-refractivity contribution in [2.45, 2.75) is 26.2 Å². The van der Waals surface area contributed by atoms with Gasteiger partial charge in [-0.05, 0) is 44.4 Å². The molecular formula is C14H16N2O2S. The van der Waals surface area contributed by atoms with Crippen LogP contribution in [-0.2, 0) is 9.63 Å². The highest BCUT2D eigenvalue weighted by atomic mass is 32.1. The molecule has 1 saturated heterocycles. The minimum atomic E-state index is -0.356. The first kappa shape index (κ1) is 12.4. The fraction of sp³-hybridized carbons (Fsp3) is 0.429. The monoisotopic (exact) mass is 276 g/mol. The van der Waals surface area contributed by atoms with Crippen LogP contribution < -0.4 is 4.90 Å². The van der Waals surface area contributed by atoms with Crippen LogP contribution in [0.25, 0.3) is 6.08 Å². The second-order valence-electron chi connectivity index (χ2n) is 4.84. The maximum atomic E-state index is 11.5. The third kappa shape index (κ3) is 2.56. The van der Waals surface area contributed by atoms with E-state index in [1.165, 1.54) is 24.3 Å². The highest BCUT2D eigenvalue weighted by Gasteiger charge is 2.22. The van der Waals surface area contributed by atoms with Crippen LogP contribution in [0.2, 0.25) is 0 Å². The number of oxime groups is 1. The van der Waals surface area contributed by atoms with Crippen molar-refractivity contribution in [3.05, 3.63) is 22.6 Å². The van der Waals surface area contributed by atoms with Gasteiger partial charge in [0.2, 0.25) is 0 Å². The van der Waals surface area contributed by atoms with Gasteiger partial charge in [-0.15, -0.1) is 11.3 Å². The average molecular weight is 276 g/mol. The van der Waals surface area contributed by atoms with Crippen LogP contribution in [0.15, 0.2) is 22.9 Å². The summed E-state index contributed by atoms with van der Waals surface area (Å²) < 4.78 is 0. The Morgan fingerprint density at radius 1 is 1.32 bits per heavy atom. The molecular weight excluding hydrogens is 260 g/mol. The SMILES string of the molecule is CC1=NOC(=O)/C1=C/c1ccc(N2CCCCC2)s1. The van der Waals surface area contributed by atoms with Crippen LogP contribution in [0.3, 0.4) is 0 Å². The summed E-state index contributed by atoms with van der Waals surface area (Å²) in [6.07, 6.45) is 5.74. The molecule has 19 heavy (non-hydrogen) atoms. The van der Waals surface area contributed by atoms with Crippen molar-refractivity contribution in [1.82, 2.24) is 0 Å². The van der Waals surface area contributed by atoms with Crippen LogP contribution >= 0.6 is 11.3 Å². The molecule has 0 N–H and O–H groups in total. The zero-order valence-electron chi connectivity index (χ0n) is 10.9. The first-order chi connectivity index (χ1) is 9.24. The summed E-state index contributed by atoms with van der Waals surface area (Å²) in [6.45, 7) is 4.06. The van der Waals surface area contributed by atoms with Gasteiger partial charge in [0.1, 0.15) is 0 Å². The summed E-state index contributed by atoms with van der Waals surface area (Å²) in [6, 6.07) is 4.19. The van der Waals surface area contributed by atoms with Crippen LogP contribution in [0.1, 0.15) is 31.1 Å². The molecule has 1 fully saturated rings. The fourth-order valence-electron chi connectivity index (χ4n) is 2.37. The standard InChI is InChI=1S/C14H16N2O2S/c1-10-12(14(17)18-15-10)9-11-5-6-13(19-11)16-7-3-2-4-8-16/h5-6,9H,2-4,7-8H2,1H3/b12-9+. The number of nitrogens with zero attached hydrogens (tertiary/aromatic N) is 2. The Hall–Kier alpha value is -1.62. The van der Waals surface area contributed by atoms with Crippen LogP contribution in [-0.4, -0.2) is 24.8 Å². The summed E-state index contributed by atoms with van der Waals surface area (Å²) >= 11 is 1.72. The van der Waals surface area contributed by atoms with Gasteiger partial charge in [0.15, 0.2) is 0 Å². The predicted octanol–water partition coefficient (Wildman–Crippen LogP) is 3.05. The second-order valence-corrected chi connectivity index (χ2v) is 5.93. The summed E-state index contributed by atoms with van der Waals surface area (Å²) in [5, 5.41) is 4.97. The largest absolute Gasteiger partial charge is 0.367 e. The van der Waals surface area contributed by atoms with Gasteiger partial charge in [-0.25, -0.2) is 4.79 Å². The molecule has 0 radical (unpaired) electrons. The number of anilines is 1. The zero-order chi connectivity index (χ0) is 13.2. The predicted molar refractivity (Wildman–Crippen MR) is 77.6 cm³/mol. The van der Waals surface area contributed by atoms with Gasteiger partial charge in [-0.2, -0.15) is 0 Å². The lowest BCUT2D eigenvalue weighted by molar-refractivity contribution is -0.136. The van der Waals surface area contributed by atoms with Crippen LogP contribution in [0.4, 0.5) is 5.00 Å². The van der Waals surface area contributed by atoms with Crippen molar-refractivity contribution >= 4 is 34.1 Å². The van der Waals surface area contributed by atoms with Crippen LogP contribution in [0.5, 0.6) is 0 Å². The Morgan fingerprint density at radius 2 is 2.11 bits per heavy atom. The molecule has 3 rings (SSSR count). The minimum Gasteiger partial charge on any atom is -0.363 e. The van der Waals surface area contributed by atoms with E-state index in [1.807, 2.05) is 6.08 Å². The van der Waals surface area contributed by atoms with E-state index in [9.17, 15) is 4.79 Å². The molecule has 1 aromatic rings. The zero-order valence-corrected chi connectivity index (χ0v) is 11.7. The summed E-state index contributed by atoms with van der Waals surface area (Å²) in [7, 11) is 0. The van der Waals surface area contributed by atoms with Crippen molar-refractivity contribution in [3.63, 3.8) is 0 Å². The van der Waals surface area contributed by atoms with Crippen molar-refractivity contribution in [1.29, 1.82) is 0 Å². The van der Waals surface area contributed by atoms with Gasteiger partial charge in [0.25, 0.3) is 0 Å². The molecule has 0 atom stereocenters. The molecule has 2 aliphatic rings. The number of hydrogen-bond donors (Lipinski definition) is 0. The summed E-state index contributed by atoms with van der Waals surface area (Å²) in [5.41, 5.74) is 1.21. The van der Waals surface area contributed by atoms with E-state index in [0.29, 0.717) is 11.3 Å². The topological polar surface area (TPSA) is 41.9 Å². The number of carbonyl (C=O) groups excluding carboxylic acids is 1. The highest BCUT2D eigenvalue weighted by molar-refractivity contribution is 7.17. The van der Waals surface area contributed by atoms with Crippen molar-refractivity contribution in [3.8, 4) is 0 Å². The van der Waals surface area contributed by atoms with Gasteiger partial charge in [0, 0.05) is 18.0 Å². The number of piperidine rings is 1. The van der Waals surface area contributed by atoms with E-state index >= 15 is 0 Å². The molecule has 0 amide bonds. The Bertz CT molecular complexity index is 554. The normalized spacial score (nSPS) is 21.7. The molecule has 100 valence electrons. The van der Waals surface area contributed by atoms with Crippen molar-refractivity contribution < 1.29 is 9.63 Å². The smallest absolute Gasteiger partial charge is 0.363 e. The molecule has 0 saturated carbocycles. The first-order valence-corrected chi connectivity index (χ1v) is 7.38. The van der Waals surface area contributed by atoms with Gasteiger partial charge in [0.05, 0.1) is 16.3 Å². The van der Waals surface area contributed by atoms with E-state index in [1.54, 1.807) is 18.3 Å². The average Bonchev–Trinajstić information content (AvgIpc) is 3.02. The molecule has 0 bridgehead atoms. The van der Waals surface area contributed by atoms with E-state index in [4.69, 9.17) is 0 Å². The lowest BCUT2D eigenvalue weighted by atomic mass is 10.1. The molecule has 0 unspecified atom stereocenters. The van der Waals surface area contributed by atoms with E-state index < -0.39 is 0 Å². The molecule has 0 aromatic carbocycles. The maximum absolute atomic E-state index is 11.5. The molecule has 2 aliphatic heterocycles. The molecule has 0 aliphatic carbocycles. The quantitative estimate of drug-likeness (QED) is 0.616. The van der Waals surface area contributed by atoms with Gasteiger partial charge >= 0.3 is 5.97 Å². The lowest BCUT2D eigenvalue weighted by Crippen LogP contribution is -2.28. The first-order valence-electron chi connectivity index (χ1n) is 6.57. The third-order valence-electron chi connectivity index (χ3n) is 3.44. The van der Waals surface area contributed by atoms with Crippen molar-refractivity contribution in [2.24, 2.45) is 5.16 Å². The number of hydrogen-bond acceptors (Lipinski definition) is 5. The Kier molecular flexibility index (Phi) is 3.38. The Balaban J connectivity index is 1.79. The molecule has 3 heterocycles. The van der Waals surface area contributed by atoms with Crippen molar-refractivity contribution in [2.75, 3.05) is 18.0 Å². The molecule has 4 nitrogen and oxygen atoms in total. The third-order valence-corrected chi connectivity index (χ3v) is 4.54. The number of carbonyl (C=O) groups is 1. The summed E-state index contributed by atoms with van der Waals surface area (Å²) in [5.74, 6) is -0.356. The maximum Gasteiger partial charge on any atom is 0.367 e. The molecule has 5 heteroatoms. The molecule has 1 aromatic heterocycles. The van der Waals surface area contributed by atoms with Crippen LogP contribution in [0, 0.1) is 0 Å². The summed E-state index contributed by atoms with van der Waals surface area (Å²) in [4.78, 5) is 19.6.